The van der Waals surface area contributed by atoms with Crippen LogP contribution in [0.3, 0.4) is 0 Å². The van der Waals surface area contributed by atoms with Gasteiger partial charge in [-0.3, -0.25) is 24.5 Å². The van der Waals surface area contributed by atoms with Crippen molar-refractivity contribution >= 4 is 58.9 Å². The Labute approximate surface area is 400 Å². The summed E-state index contributed by atoms with van der Waals surface area (Å²) in [6.07, 6.45) is 14.2. The Morgan fingerprint density at radius 2 is 1.86 bits per heavy atom. The molecule has 4 saturated heterocycles. The summed E-state index contributed by atoms with van der Waals surface area (Å²) in [6, 6.07) is 8.80. The van der Waals surface area contributed by atoms with Gasteiger partial charge in [0.25, 0.3) is 5.91 Å². The molecule has 5 fully saturated rings. The molecule has 362 valence electrons. The number of hydrogen-bond donors (Lipinski definition) is 4. The zero-order valence-electron chi connectivity index (χ0n) is 38.9. The normalized spacial score (nSPS) is 23.1. The number of benzene rings is 2. The number of aldehydes is 1. The van der Waals surface area contributed by atoms with Gasteiger partial charge in [0, 0.05) is 114 Å². The van der Waals surface area contributed by atoms with Gasteiger partial charge in [-0.05, 0) is 80.5 Å². The third kappa shape index (κ3) is 10.5. The fourth-order valence-corrected chi connectivity index (χ4v) is 10.5. The standard InChI is InChI=1S/C51H59F2N11O5/c1-4-38-41(52)11-7-33-20-37(66)21-39(44(33)38)46-45(53)47(40(23-57-46)48(54-2)64-27-34-8-9-35(28-64)59-34)58-31-69-30-51(13-14-51)29-62-25-32(26-62)24-61-15-17-63(18-16-61)36-10-12-42(56-22-36)50(68)60-43(6-5-19-65)49(67)55-3/h1,7,10-12,19-23,32,34-35,43,59,66H,2,5-6,8-9,13-18,24-31H2,3H3,(H,55,67)(H,60,68)/b48-40+,58-47+. The first-order valence-corrected chi connectivity index (χ1v) is 23.8. The molecule has 69 heavy (non-hydrogen) atoms. The van der Waals surface area contributed by atoms with E-state index in [1.807, 2.05) is 6.07 Å². The first kappa shape index (κ1) is 47.7. The maximum atomic E-state index is 17.2. The number of nitrogens with one attached hydrogen (secondary N) is 3. The van der Waals surface area contributed by atoms with Crippen molar-refractivity contribution in [2.75, 3.05) is 90.7 Å². The Kier molecular flexibility index (Phi) is 14.3. The molecule has 2 bridgehead atoms. The number of piperazine rings is 2. The van der Waals surface area contributed by atoms with Gasteiger partial charge in [0.2, 0.25) is 5.91 Å². The lowest BCUT2D eigenvalue weighted by atomic mass is 9.94. The molecule has 18 heteroatoms. The molecule has 2 aromatic carbocycles. The summed E-state index contributed by atoms with van der Waals surface area (Å²) >= 11 is 0. The highest BCUT2D eigenvalue weighted by Gasteiger charge is 2.46. The summed E-state index contributed by atoms with van der Waals surface area (Å²) < 4.78 is 38.5. The van der Waals surface area contributed by atoms with Crippen molar-refractivity contribution in [2.24, 2.45) is 26.3 Å². The number of phenols is 1. The number of nitrogens with zero attached hydrogens (tertiary/aromatic N) is 8. The number of allylic oxidation sites excluding steroid dienone is 2. The van der Waals surface area contributed by atoms with Gasteiger partial charge in [0.15, 0.2) is 5.83 Å². The number of halogens is 2. The Bertz CT molecular complexity index is 2630. The van der Waals surface area contributed by atoms with Crippen molar-refractivity contribution < 1.29 is 33.0 Å². The predicted octanol–water partition coefficient (Wildman–Crippen LogP) is 3.90. The molecule has 6 aliphatic rings. The van der Waals surface area contributed by atoms with Gasteiger partial charge >= 0.3 is 0 Å². The van der Waals surface area contributed by atoms with Crippen LogP contribution in [0.25, 0.3) is 16.5 Å². The Morgan fingerprint density at radius 1 is 1.09 bits per heavy atom. The molecule has 3 aromatic rings. The topological polar surface area (TPSA) is 180 Å². The van der Waals surface area contributed by atoms with E-state index >= 15 is 8.78 Å². The van der Waals surface area contributed by atoms with Crippen molar-refractivity contribution in [1.29, 1.82) is 0 Å². The quantitative estimate of drug-likeness (QED) is 0.0630. The number of terminal acetylenes is 1. The summed E-state index contributed by atoms with van der Waals surface area (Å²) in [5.74, 6) is 1.07. The van der Waals surface area contributed by atoms with Crippen molar-refractivity contribution in [3.05, 3.63) is 82.5 Å². The molecule has 6 heterocycles. The monoisotopic (exact) mass is 943 g/mol. The number of amides is 2. The van der Waals surface area contributed by atoms with E-state index in [-0.39, 0.29) is 82.3 Å². The molecule has 5 aliphatic heterocycles. The lowest BCUT2D eigenvalue weighted by Gasteiger charge is -2.45. The highest BCUT2D eigenvalue weighted by atomic mass is 19.1. The molecule has 3 unspecified atom stereocenters. The Hall–Kier alpha value is -6.39. The number of hydrogen-bond acceptors (Lipinski definition) is 14. The Morgan fingerprint density at radius 3 is 2.52 bits per heavy atom. The summed E-state index contributed by atoms with van der Waals surface area (Å²) in [6.45, 7) is 13.1. The van der Waals surface area contributed by atoms with E-state index in [0.29, 0.717) is 42.4 Å². The minimum atomic E-state index is -0.814. The second-order valence-electron chi connectivity index (χ2n) is 19.1. The number of anilines is 1. The summed E-state index contributed by atoms with van der Waals surface area (Å²) in [4.78, 5) is 63.3. The predicted molar refractivity (Wildman–Crippen MR) is 261 cm³/mol. The fraction of sp³-hybridized carbons (Fsp3) is 0.471. The molecule has 2 amide bonds. The Balaban J connectivity index is 0.794. The van der Waals surface area contributed by atoms with Crippen LogP contribution in [0.4, 0.5) is 14.5 Å². The third-order valence-electron chi connectivity index (χ3n) is 14.3. The van der Waals surface area contributed by atoms with Crippen LogP contribution in [0.5, 0.6) is 5.75 Å². The molecular weight excluding hydrogens is 885 g/mol. The van der Waals surface area contributed by atoms with Crippen LogP contribution >= 0.6 is 0 Å². The first-order chi connectivity index (χ1) is 33.5. The molecule has 0 spiro atoms. The van der Waals surface area contributed by atoms with E-state index in [2.05, 4.69) is 63.2 Å². The molecule has 4 N–H and O–H groups in total. The van der Waals surface area contributed by atoms with Crippen LogP contribution in [0.2, 0.25) is 0 Å². The summed E-state index contributed by atoms with van der Waals surface area (Å²) in [5.41, 5.74) is 1.48. The van der Waals surface area contributed by atoms with E-state index < -0.39 is 23.6 Å². The average molecular weight is 944 g/mol. The molecule has 3 atom stereocenters. The zero-order chi connectivity index (χ0) is 48.2. The maximum Gasteiger partial charge on any atom is 0.270 e. The van der Waals surface area contributed by atoms with Crippen LogP contribution in [0, 0.1) is 29.5 Å². The van der Waals surface area contributed by atoms with Gasteiger partial charge in [0.05, 0.1) is 29.6 Å². The lowest BCUT2D eigenvalue weighted by Crippen LogP contribution is -2.56. The van der Waals surface area contributed by atoms with E-state index in [0.717, 1.165) is 90.0 Å². The number of phenolic OH excluding ortho intramolecular Hbond substituents is 1. The molecule has 1 aliphatic carbocycles. The summed E-state index contributed by atoms with van der Waals surface area (Å²) in [5, 5.41) is 20.2. The minimum Gasteiger partial charge on any atom is -0.508 e. The van der Waals surface area contributed by atoms with Crippen LogP contribution in [0.15, 0.2) is 74.8 Å². The van der Waals surface area contributed by atoms with Gasteiger partial charge in [-0.25, -0.2) is 18.8 Å². The lowest BCUT2D eigenvalue weighted by molar-refractivity contribution is -0.122. The highest BCUT2D eigenvalue weighted by Crippen LogP contribution is 2.47. The zero-order valence-corrected chi connectivity index (χ0v) is 38.9. The number of aliphatic imine (C=N–C) groups is 3. The van der Waals surface area contributed by atoms with Crippen molar-refractivity contribution in [3.8, 4) is 18.1 Å². The van der Waals surface area contributed by atoms with Crippen molar-refractivity contribution in [3.63, 3.8) is 0 Å². The molecule has 9 rings (SSSR count). The number of carbonyl (C=O) groups is 3. The third-order valence-corrected chi connectivity index (χ3v) is 14.3. The smallest absolute Gasteiger partial charge is 0.270 e. The number of likely N-dealkylation sites (N-methyl/N-ethyl adjacent to an activating group) is 1. The molecule has 1 saturated carbocycles. The molecule has 1 aromatic heterocycles. The second kappa shape index (κ2) is 20.7. The molecular formula is C51H59F2N11O5. The number of aromatic nitrogens is 1. The van der Waals surface area contributed by atoms with Gasteiger partial charge < -0.3 is 45.3 Å². The van der Waals surface area contributed by atoms with Crippen LogP contribution in [0.1, 0.15) is 60.1 Å². The largest absolute Gasteiger partial charge is 0.508 e. The van der Waals surface area contributed by atoms with E-state index in [4.69, 9.17) is 16.2 Å². The van der Waals surface area contributed by atoms with Crippen LogP contribution in [-0.2, 0) is 14.3 Å². The average Bonchev–Trinajstić information content (AvgIpc) is 4.03. The minimum absolute atomic E-state index is 0.00353. The van der Waals surface area contributed by atoms with Gasteiger partial charge in [0.1, 0.15) is 53.5 Å². The number of rotatable bonds is 18. The number of aromatic hydroxyl groups is 1. The molecule has 0 radical (unpaired) electrons. The number of carbonyl (C=O) groups excluding carboxylic acids is 3. The van der Waals surface area contributed by atoms with Crippen LogP contribution < -0.4 is 20.9 Å². The number of fused-ring (bicyclic) bond motifs is 3. The summed E-state index contributed by atoms with van der Waals surface area (Å²) in [7, 11) is 1.49. The molecule has 16 nitrogen and oxygen atoms in total. The van der Waals surface area contributed by atoms with E-state index in [1.54, 1.807) is 12.3 Å². The van der Waals surface area contributed by atoms with E-state index in [9.17, 15) is 19.5 Å². The van der Waals surface area contributed by atoms with Gasteiger partial charge in [-0.1, -0.05) is 12.0 Å². The highest BCUT2D eigenvalue weighted by molar-refractivity contribution is 6.29. The first-order valence-electron chi connectivity index (χ1n) is 23.8. The van der Waals surface area contributed by atoms with Crippen molar-refractivity contribution in [2.45, 2.75) is 56.7 Å². The van der Waals surface area contributed by atoms with Gasteiger partial charge in [-0.15, -0.1) is 6.42 Å². The second-order valence-corrected chi connectivity index (χ2v) is 19.1. The van der Waals surface area contributed by atoms with E-state index in [1.165, 1.54) is 37.5 Å². The van der Waals surface area contributed by atoms with Crippen molar-refractivity contribution in [1.82, 2.24) is 35.6 Å². The van der Waals surface area contributed by atoms with Crippen LogP contribution in [-0.4, -0.2) is 165 Å². The number of ether oxygens (including phenoxy) is 1. The number of likely N-dealkylation sites (tertiary alicyclic amines) is 2. The number of pyridine rings is 1. The SMILES string of the molecule is C#Cc1c(F)ccc2cc(O)cc(C3=C(F)C(=N/COCC4(CN5CC(CN6CCN(c7ccc(C(=O)NC(CCC=O)C(=O)NC)nc7)CC6)C5)CC4)/C(=C(\N=C)N4CC5CCC(C4)N5)C=N3)c12. The van der Waals surface area contributed by atoms with Gasteiger partial charge in [-0.2, -0.15) is 0 Å². The maximum absolute atomic E-state index is 17.2. The fourth-order valence-electron chi connectivity index (χ4n) is 10.5.